The molecule has 7 nitrogen and oxygen atoms in total. The van der Waals surface area contributed by atoms with Crippen molar-refractivity contribution in [3.8, 4) is 17.2 Å². The van der Waals surface area contributed by atoms with Crippen molar-refractivity contribution in [2.75, 3.05) is 21.3 Å². The molecule has 1 unspecified atom stereocenters. The summed E-state index contributed by atoms with van der Waals surface area (Å²) in [5, 5.41) is 4.20. The van der Waals surface area contributed by atoms with E-state index in [1.165, 1.54) is 0 Å². The van der Waals surface area contributed by atoms with Gasteiger partial charge >= 0.3 is 0 Å². The van der Waals surface area contributed by atoms with E-state index >= 15 is 0 Å². The number of nitrogens with two attached hydrogens (primary N) is 1. The van der Waals surface area contributed by atoms with E-state index in [4.69, 9.17) is 20.1 Å². The fourth-order valence-electron chi connectivity index (χ4n) is 2.29. The summed E-state index contributed by atoms with van der Waals surface area (Å²) >= 11 is 0. The minimum Gasteiger partial charge on any atom is -0.497 e. The lowest BCUT2D eigenvalue weighted by atomic mass is 10.0. The molecule has 0 fully saturated rings. The molecule has 0 saturated heterocycles. The van der Waals surface area contributed by atoms with Crippen LogP contribution in [0.5, 0.6) is 17.2 Å². The van der Waals surface area contributed by atoms with Crippen LogP contribution in [0.3, 0.4) is 0 Å². The van der Waals surface area contributed by atoms with Gasteiger partial charge in [-0.05, 0) is 12.1 Å². The molecule has 0 amide bonds. The number of nitrogens with one attached hydrogen (secondary N) is 1. The third kappa shape index (κ3) is 2.79. The van der Waals surface area contributed by atoms with Gasteiger partial charge in [0, 0.05) is 18.7 Å². The van der Waals surface area contributed by atoms with Gasteiger partial charge in [0.1, 0.15) is 17.2 Å². The van der Waals surface area contributed by atoms with Crippen LogP contribution in [0.25, 0.3) is 0 Å². The maximum Gasteiger partial charge on any atom is 0.161 e. The third-order valence-corrected chi connectivity index (χ3v) is 3.36. The highest BCUT2D eigenvalue weighted by atomic mass is 16.5. The average molecular weight is 292 g/mol. The molecule has 1 atom stereocenters. The summed E-state index contributed by atoms with van der Waals surface area (Å²) in [6.45, 7) is 0. The molecule has 0 aliphatic rings. The fraction of sp³-hybridized carbons (Fsp3) is 0.357. The molecule has 0 saturated carbocycles. The maximum absolute atomic E-state index is 5.75. The zero-order valence-electron chi connectivity index (χ0n) is 12.6. The highest BCUT2D eigenvalue weighted by molar-refractivity contribution is 5.47. The molecule has 1 aromatic carbocycles. The standard InChI is InChI=1S/C14H20N4O3/c1-18-14(12(21-4)8-16-18)13(17-15)10-6-5-9(19-2)7-11(10)20-3/h5-8,13,17H,15H2,1-4H3. The molecule has 0 aliphatic carbocycles. The summed E-state index contributed by atoms with van der Waals surface area (Å²) in [7, 11) is 6.64. The number of aromatic nitrogens is 2. The zero-order valence-corrected chi connectivity index (χ0v) is 12.6. The number of methoxy groups -OCH3 is 3. The Bertz CT molecular complexity index is 612. The van der Waals surface area contributed by atoms with Crippen LogP contribution in [0.1, 0.15) is 17.3 Å². The van der Waals surface area contributed by atoms with Gasteiger partial charge in [-0.2, -0.15) is 5.10 Å². The van der Waals surface area contributed by atoms with E-state index in [2.05, 4.69) is 10.5 Å². The Morgan fingerprint density at radius 3 is 2.43 bits per heavy atom. The van der Waals surface area contributed by atoms with E-state index in [0.29, 0.717) is 17.2 Å². The Labute approximate surface area is 123 Å². The highest BCUT2D eigenvalue weighted by Crippen LogP contribution is 2.35. The van der Waals surface area contributed by atoms with Crippen LogP contribution < -0.4 is 25.5 Å². The SMILES string of the molecule is COc1ccc(C(NN)c2c(OC)cnn2C)c(OC)c1. The molecule has 7 heteroatoms. The first-order chi connectivity index (χ1) is 10.2. The summed E-state index contributed by atoms with van der Waals surface area (Å²) in [6.07, 6.45) is 1.65. The summed E-state index contributed by atoms with van der Waals surface area (Å²) in [6, 6.07) is 5.23. The van der Waals surface area contributed by atoms with Gasteiger partial charge in [0.2, 0.25) is 0 Å². The van der Waals surface area contributed by atoms with E-state index in [9.17, 15) is 0 Å². The van der Waals surface area contributed by atoms with Crippen LogP contribution in [0.4, 0.5) is 0 Å². The number of ether oxygens (including phenoxy) is 3. The average Bonchev–Trinajstić information content (AvgIpc) is 2.89. The molecular weight excluding hydrogens is 272 g/mol. The Hall–Kier alpha value is -2.25. The number of rotatable bonds is 6. The molecule has 0 bridgehead atoms. The molecular formula is C14H20N4O3. The van der Waals surface area contributed by atoms with Crippen molar-refractivity contribution in [1.82, 2.24) is 15.2 Å². The minimum atomic E-state index is -0.326. The van der Waals surface area contributed by atoms with Crippen LogP contribution in [-0.4, -0.2) is 31.1 Å². The summed E-state index contributed by atoms with van der Waals surface area (Å²) in [4.78, 5) is 0. The predicted octanol–water partition coefficient (Wildman–Crippen LogP) is 0.999. The fourth-order valence-corrected chi connectivity index (χ4v) is 2.29. The topological polar surface area (TPSA) is 83.6 Å². The molecule has 2 aromatic rings. The number of benzene rings is 1. The number of hydrazine groups is 1. The maximum atomic E-state index is 5.75. The van der Waals surface area contributed by atoms with Gasteiger partial charge in [0.05, 0.1) is 33.6 Å². The van der Waals surface area contributed by atoms with Gasteiger partial charge in [-0.15, -0.1) is 0 Å². The van der Waals surface area contributed by atoms with Gasteiger partial charge < -0.3 is 14.2 Å². The van der Waals surface area contributed by atoms with Crippen molar-refractivity contribution in [3.63, 3.8) is 0 Å². The van der Waals surface area contributed by atoms with Gasteiger partial charge in [-0.25, -0.2) is 5.43 Å². The van der Waals surface area contributed by atoms with Crippen molar-refractivity contribution < 1.29 is 14.2 Å². The van der Waals surface area contributed by atoms with E-state index in [0.717, 1.165) is 11.3 Å². The molecule has 3 N–H and O–H groups in total. The number of aryl methyl sites for hydroxylation is 1. The van der Waals surface area contributed by atoms with Gasteiger partial charge in [0.25, 0.3) is 0 Å². The Balaban J connectivity index is 2.53. The molecule has 0 radical (unpaired) electrons. The number of hydrogen-bond acceptors (Lipinski definition) is 6. The summed E-state index contributed by atoms with van der Waals surface area (Å²) in [5.41, 5.74) is 4.46. The quantitative estimate of drug-likeness (QED) is 0.610. The smallest absolute Gasteiger partial charge is 0.161 e. The van der Waals surface area contributed by atoms with Crippen LogP contribution in [0.2, 0.25) is 0 Å². The van der Waals surface area contributed by atoms with Crippen molar-refractivity contribution in [2.45, 2.75) is 6.04 Å². The molecule has 1 heterocycles. The molecule has 1 aromatic heterocycles. The zero-order chi connectivity index (χ0) is 15.4. The first kappa shape index (κ1) is 15.1. The molecule has 21 heavy (non-hydrogen) atoms. The summed E-state index contributed by atoms with van der Waals surface area (Å²) in [5.74, 6) is 7.78. The van der Waals surface area contributed by atoms with Crippen molar-refractivity contribution in [1.29, 1.82) is 0 Å². The van der Waals surface area contributed by atoms with Gasteiger partial charge in [0.15, 0.2) is 5.75 Å². The van der Waals surface area contributed by atoms with Gasteiger partial charge in [-0.3, -0.25) is 10.5 Å². The number of hydrogen-bond donors (Lipinski definition) is 2. The lowest BCUT2D eigenvalue weighted by Gasteiger charge is -2.21. The largest absolute Gasteiger partial charge is 0.497 e. The van der Waals surface area contributed by atoms with Crippen LogP contribution >= 0.6 is 0 Å². The highest BCUT2D eigenvalue weighted by Gasteiger charge is 2.24. The van der Waals surface area contributed by atoms with E-state index in [-0.39, 0.29) is 6.04 Å². The number of nitrogens with zero attached hydrogens (tertiary/aromatic N) is 2. The van der Waals surface area contributed by atoms with Gasteiger partial charge in [-0.1, -0.05) is 0 Å². The molecule has 114 valence electrons. The molecule has 2 rings (SSSR count). The Morgan fingerprint density at radius 2 is 1.86 bits per heavy atom. The van der Waals surface area contributed by atoms with Crippen molar-refractivity contribution >= 4 is 0 Å². The van der Waals surface area contributed by atoms with Crippen LogP contribution in [0, 0.1) is 0 Å². The van der Waals surface area contributed by atoms with E-state index < -0.39 is 0 Å². The Morgan fingerprint density at radius 1 is 1.14 bits per heavy atom. The lowest BCUT2D eigenvalue weighted by Crippen LogP contribution is -2.31. The summed E-state index contributed by atoms with van der Waals surface area (Å²) < 4.78 is 17.7. The third-order valence-electron chi connectivity index (χ3n) is 3.36. The second-order valence-electron chi connectivity index (χ2n) is 4.43. The Kier molecular flexibility index (Phi) is 4.66. The molecule has 0 spiro atoms. The van der Waals surface area contributed by atoms with E-state index in [1.807, 2.05) is 25.2 Å². The lowest BCUT2D eigenvalue weighted by molar-refractivity contribution is 0.381. The van der Waals surface area contributed by atoms with Crippen molar-refractivity contribution in [2.24, 2.45) is 12.9 Å². The monoisotopic (exact) mass is 292 g/mol. The van der Waals surface area contributed by atoms with Crippen molar-refractivity contribution in [3.05, 3.63) is 35.7 Å². The first-order valence-corrected chi connectivity index (χ1v) is 6.40. The predicted molar refractivity (Wildman–Crippen MR) is 78.5 cm³/mol. The molecule has 0 aliphatic heterocycles. The van der Waals surface area contributed by atoms with Crippen LogP contribution in [0.15, 0.2) is 24.4 Å². The normalized spacial score (nSPS) is 12.0. The second kappa shape index (κ2) is 6.47. The van der Waals surface area contributed by atoms with Crippen LogP contribution in [-0.2, 0) is 7.05 Å². The van der Waals surface area contributed by atoms with E-state index in [1.54, 1.807) is 32.2 Å². The second-order valence-corrected chi connectivity index (χ2v) is 4.43. The first-order valence-electron chi connectivity index (χ1n) is 6.40. The minimum absolute atomic E-state index is 0.326.